The summed E-state index contributed by atoms with van der Waals surface area (Å²) in [4.78, 5) is 8.73. The Morgan fingerprint density at radius 2 is 2.40 bits per heavy atom. The Labute approximate surface area is 70.5 Å². The molecule has 2 heterocycles. The first-order valence-corrected chi connectivity index (χ1v) is 5.01. The van der Waals surface area contributed by atoms with E-state index in [9.17, 15) is 0 Å². The molecule has 0 spiro atoms. The molecule has 0 atom stereocenters. The number of halogens is 1. The number of rotatable bonds is 0. The number of hydrogen-bond acceptors (Lipinski definition) is 5. The topological polar surface area (TPSA) is 37.8 Å². The second kappa shape index (κ2) is 2.48. The first-order valence-electron chi connectivity index (χ1n) is 2.48. The van der Waals surface area contributed by atoms with Crippen molar-refractivity contribution in [3.05, 3.63) is 11.5 Å². The minimum atomic E-state index is 0.521. The van der Waals surface area contributed by atoms with E-state index in [1.54, 1.807) is 10.8 Å². The molecule has 1 N–H and O–H groups in total. The molecule has 0 amide bonds. The van der Waals surface area contributed by atoms with Crippen molar-refractivity contribution >= 4 is 39.2 Å². The maximum absolute atomic E-state index is 5.74. The molecule has 6 heteroatoms. The SMILES string of the molecule is Clc1ncnc2c1SSN2. The zero-order valence-corrected chi connectivity index (χ0v) is 7.06. The second-order valence-corrected chi connectivity index (χ2v) is 3.91. The number of hydrogen-bond donors (Lipinski definition) is 1. The van der Waals surface area contributed by atoms with Gasteiger partial charge in [-0.2, -0.15) is 0 Å². The summed E-state index contributed by atoms with van der Waals surface area (Å²) in [6.07, 6.45) is 1.45. The van der Waals surface area contributed by atoms with Crippen molar-refractivity contribution in [2.75, 3.05) is 4.72 Å². The fraction of sp³-hybridized carbons (Fsp3) is 0. The van der Waals surface area contributed by atoms with Gasteiger partial charge in [0.1, 0.15) is 16.4 Å². The van der Waals surface area contributed by atoms with Crippen LogP contribution in [0.4, 0.5) is 5.82 Å². The van der Waals surface area contributed by atoms with Gasteiger partial charge in [0.15, 0.2) is 5.82 Å². The highest BCUT2D eigenvalue weighted by atomic mass is 35.5. The molecule has 1 aliphatic heterocycles. The lowest BCUT2D eigenvalue weighted by Crippen LogP contribution is -1.86. The lowest BCUT2D eigenvalue weighted by molar-refractivity contribution is 1.12. The zero-order valence-electron chi connectivity index (χ0n) is 4.67. The molecule has 2 rings (SSSR count). The Morgan fingerprint density at radius 1 is 1.50 bits per heavy atom. The third-order valence-corrected chi connectivity index (χ3v) is 3.34. The average molecular weight is 192 g/mol. The molecule has 0 aromatic carbocycles. The summed E-state index contributed by atoms with van der Waals surface area (Å²) >= 11 is 5.74. The van der Waals surface area contributed by atoms with Crippen molar-refractivity contribution in [1.29, 1.82) is 0 Å². The van der Waals surface area contributed by atoms with Gasteiger partial charge < -0.3 is 4.72 Å². The molecular weight excluding hydrogens is 190 g/mol. The maximum Gasteiger partial charge on any atom is 0.156 e. The molecule has 0 saturated carbocycles. The van der Waals surface area contributed by atoms with E-state index in [1.807, 2.05) is 0 Å². The molecule has 0 radical (unpaired) electrons. The number of aromatic nitrogens is 2. The molecule has 52 valence electrons. The van der Waals surface area contributed by atoms with Crippen molar-refractivity contribution < 1.29 is 0 Å². The number of nitrogens with zero attached hydrogens (tertiary/aromatic N) is 2. The Hall–Kier alpha value is -0.130. The first kappa shape index (κ1) is 6.57. The van der Waals surface area contributed by atoms with Crippen LogP contribution in [0.5, 0.6) is 0 Å². The van der Waals surface area contributed by atoms with Crippen LogP contribution in [0.25, 0.3) is 0 Å². The molecule has 0 saturated heterocycles. The standard InChI is InChI=1S/C4H2ClN3S2/c5-3-2-4(7-1-6-3)8-10-9-2/h1H,(H,6,7,8). The van der Waals surface area contributed by atoms with Crippen LogP contribution < -0.4 is 4.72 Å². The van der Waals surface area contributed by atoms with Crippen LogP contribution in [0, 0.1) is 0 Å². The van der Waals surface area contributed by atoms with E-state index in [-0.39, 0.29) is 0 Å². The van der Waals surface area contributed by atoms with Gasteiger partial charge in [0.2, 0.25) is 0 Å². The fourth-order valence-electron chi connectivity index (χ4n) is 0.601. The second-order valence-electron chi connectivity index (χ2n) is 1.61. The van der Waals surface area contributed by atoms with Crippen LogP contribution in [-0.2, 0) is 0 Å². The summed E-state index contributed by atoms with van der Waals surface area (Å²) in [5, 5.41) is 0.521. The third-order valence-electron chi connectivity index (χ3n) is 1.02. The number of nitrogens with one attached hydrogen (secondary N) is 1. The van der Waals surface area contributed by atoms with Gasteiger partial charge in [-0.3, -0.25) is 0 Å². The van der Waals surface area contributed by atoms with Gasteiger partial charge in [0.25, 0.3) is 0 Å². The van der Waals surface area contributed by atoms with Crippen molar-refractivity contribution in [2.24, 2.45) is 0 Å². The van der Waals surface area contributed by atoms with Gasteiger partial charge in [-0.25, -0.2) is 9.97 Å². The molecule has 1 aromatic heterocycles. The normalized spacial score (nSPS) is 14.5. The van der Waals surface area contributed by atoms with Crippen LogP contribution in [0.15, 0.2) is 11.2 Å². The maximum atomic E-state index is 5.74. The van der Waals surface area contributed by atoms with Gasteiger partial charge >= 0.3 is 0 Å². The summed E-state index contributed by atoms with van der Waals surface area (Å²) in [7, 11) is 3.04. The molecule has 1 aromatic rings. The van der Waals surface area contributed by atoms with E-state index in [4.69, 9.17) is 11.6 Å². The molecule has 0 bridgehead atoms. The predicted molar refractivity (Wildman–Crippen MR) is 44.1 cm³/mol. The van der Waals surface area contributed by atoms with E-state index in [1.165, 1.54) is 17.3 Å². The lowest BCUT2D eigenvalue weighted by atomic mass is 10.6. The Bertz CT molecular complexity index is 267. The van der Waals surface area contributed by atoms with E-state index in [0.29, 0.717) is 5.15 Å². The van der Waals surface area contributed by atoms with Crippen LogP contribution in [-0.4, -0.2) is 9.97 Å². The number of fused-ring (bicyclic) bond motifs is 1. The van der Waals surface area contributed by atoms with E-state index in [0.717, 1.165) is 10.7 Å². The van der Waals surface area contributed by atoms with Crippen molar-refractivity contribution in [3.63, 3.8) is 0 Å². The molecule has 0 aliphatic carbocycles. The summed E-state index contributed by atoms with van der Waals surface area (Å²) in [6.45, 7) is 0. The molecule has 3 nitrogen and oxygen atoms in total. The summed E-state index contributed by atoms with van der Waals surface area (Å²) in [5.41, 5.74) is 0. The van der Waals surface area contributed by atoms with Crippen molar-refractivity contribution in [1.82, 2.24) is 9.97 Å². The Kier molecular flexibility index (Phi) is 1.63. The van der Waals surface area contributed by atoms with E-state index < -0.39 is 0 Å². The van der Waals surface area contributed by atoms with E-state index >= 15 is 0 Å². The third kappa shape index (κ3) is 0.941. The van der Waals surface area contributed by atoms with Gasteiger partial charge in [0, 0.05) is 11.0 Å². The molecule has 1 aliphatic rings. The van der Waals surface area contributed by atoms with Crippen LogP contribution in [0.2, 0.25) is 5.15 Å². The van der Waals surface area contributed by atoms with Crippen LogP contribution in [0.1, 0.15) is 0 Å². The molecule has 0 unspecified atom stereocenters. The van der Waals surface area contributed by atoms with Gasteiger partial charge in [-0.15, -0.1) is 0 Å². The van der Waals surface area contributed by atoms with Crippen LogP contribution >= 0.6 is 33.4 Å². The van der Waals surface area contributed by atoms with Crippen molar-refractivity contribution in [3.8, 4) is 0 Å². The highest BCUT2D eigenvalue weighted by molar-refractivity contribution is 8.77. The predicted octanol–water partition coefficient (Wildman–Crippen LogP) is 2.21. The largest absolute Gasteiger partial charge is 0.304 e. The minimum absolute atomic E-state index is 0.521. The quantitative estimate of drug-likeness (QED) is 0.387. The highest BCUT2D eigenvalue weighted by Crippen LogP contribution is 2.45. The lowest BCUT2D eigenvalue weighted by Gasteiger charge is -1.93. The van der Waals surface area contributed by atoms with Crippen molar-refractivity contribution in [2.45, 2.75) is 4.90 Å². The van der Waals surface area contributed by atoms with Gasteiger partial charge in [-0.05, 0) is 10.8 Å². The van der Waals surface area contributed by atoms with Crippen LogP contribution in [0.3, 0.4) is 0 Å². The van der Waals surface area contributed by atoms with Gasteiger partial charge in [0.05, 0.1) is 0 Å². The Morgan fingerprint density at radius 3 is 3.20 bits per heavy atom. The van der Waals surface area contributed by atoms with E-state index in [2.05, 4.69) is 14.7 Å². The smallest absolute Gasteiger partial charge is 0.156 e. The van der Waals surface area contributed by atoms with Gasteiger partial charge in [-0.1, -0.05) is 11.6 Å². The highest BCUT2D eigenvalue weighted by Gasteiger charge is 2.16. The fourth-order valence-corrected chi connectivity index (χ4v) is 2.80. The minimum Gasteiger partial charge on any atom is -0.304 e. The molecule has 10 heavy (non-hydrogen) atoms. The summed E-state index contributed by atoms with van der Waals surface area (Å²) < 4.78 is 2.98. The molecule has 0 fully saturated rings. The summed E-state index contributed by atoms with van der Waals surface area (Å²) in [5.74, 6) is 0.815. The zero-order chi connectivity index (χ0) is 6.97. The molecular formula is C4H2ClN3S2. The Balaban J connectivity index is 2.59. The first-order chi connectivity index (χ1) is 4.88. The summed E-state index contributed by atoms with van der Waals surface area (Å²) in [6, 6.07) is 0. The average Bonchev–Trinajstić information content (AvgIpc) is 2.36. The number of anilines is 1. The monoisotopic (exact) mass is 191 g/mol.